The minimum absolute atomic E-state index is 0.146. The van der Waals surface area contributed by atoms with Gasteiger partial charge in [-0.2, -0.15) is 0 Å². The van der Waals surface area contributed by atoms with E-state index >= 15 is 0 Å². The molecule has 0 spiro atoms. The minimum atomic E-state index is -0.209. The first-order valence-corrected chi connectivity index (χ1v) is 14.5. The molecule has 3 aromatic carbocycles. The molecule has 10 heteroatoms. The number of hydrogen-bond donors (Lipinski definition) is 3. The van der Waals surface area contributed by atoms with Crippen LogP contribution >= 0.6 is 11.8 Å². The molecule has 2 aromatic heterocycles. The molecule has 0 aliphatic carbocycles. The van der Waals surface area contributed by atoms with Crippen molar-refractivity contribution in [2.24, 2.45) is 0 Å². The first-order valence-electron chi connectivity index (χ1n) is 13.3. The lowest BCUT2D eigenvalue weighted by molar-refractivity contribution is 0.104. The van der Waals surface area contributed by atoms with Crippen LogP contribution in [0.4, 0.5) is 11.6 Å². The van der Waals surface area contributed by atoms with Gasteiger partial charge in [0.05, 0.1) is 37.8 Å². The summed E-state index contributed by atoms with van der Waals surface area (Å²) in [5, 5.41) is 3.75. The maximum atomic E-state index is 11.8. The van der Waals surface area contributed by atoms with E-state index in [2.05, 4.69) is 25.3 Å². The van der Waals surface area contributed by atoms with Crippen LogP contribution in [0.25, 0.3) is 0 Å². The predicted molar refractivity (Wildman–Crippen MR) is 166 cm³/mol. The first-order chi connectivity index (χ1) is 20.5. The number of rotatable bonds is 11. The summed E-state index contributed by atoms with van der Waals surface area (Å²) in [5.74, 6) is 0.412. The highest BCUT2D eigenvalue weighted by Crippen LogP contribution is 2.17. The van der Waals surface area contributed by atoms with Crippen LogP contribution in [0.5, 0.6) is 0 Å². The Morgan fingerprint density at radius 2 is 1.21 bits per heavy atom. The van der Waals surface area contributed by atoms with Crippen molar-refractivity contribution in [3.8, 4) is 0 Å². The van der Waals surface area contributed by atoms with Crippen LogP contribution in [0.2, 0.25) is 0 Å². The lowest BCUT2D eigenvalue weighted by atomic mass is 10.2. The molecule has 216 valence electrons. The van der Waals surface area contributed by atoms with Crippen LogP contribution in [-0.2, 0) is 35.9 Å². The molecule has 0 unspecified atom stereocenters. The molecule has 3 N–H and O–H groups in total. The number of anilines is 2. The SMILES string of the molecule is CSc1nc(COCc2ccccc2)cc(=O)[nH]1.Cc1ccccc1Nc1nc(COCc2ccccc2)cc(=O)[nH]1. The van der Waals surface area contributed by atoms with Gasteiger partial charge in [0.25, 0.3) is 11.1 Å². The van der Waals surface area contributed by atoms with Crippen molar-refractivity contribution in [2.75, 3.05) is 11.6 Å². The highest BCUT2D eigenvalue weighted by Gasteiger charge is 2.05. The Kier molecular flexibility index (Phi) is 11.6. The first kappa shape index (κ1) is 30.4. The van der Waals surface area contributed by atoms with Gasteiger partial charge in [-0.05, 0) is 35.9 Å². The Hall–Kier alpha value is -4.51. The maximum Gasteiger partial charge on any atom is 0.252 e. The molecule has 0 aliphatic heterocycles. The summed E-state index contributed by atoms with van der Waals surface area (Å²) in [6.45, 7) is 3.61. The molecule has 0 saturated carbocycles. The number of aromatic nitrogens is 4. The molecule has 0 aliphatic rings. The quantitative estimate of drug-likeness (QED) is 0.133. The molecular weight excluding hydrogens is 550 g/mol. The maximum absolute atomic E-state index is 11.8. The van der Waals surface area contributed by atoms with Gasteiger partial charge in [-0.1, -0.05) is 90.6 Å². The van der Waals surface area contributed by atoms with Crippen molar-refractivity contribution in [3.05, 3.63) is 146 Å². The monoisotopic (exact) mass is 583 g/mol. The van der Waals surface area contributed by atoms with E-state index in [-0.39, 0.29) is 17.7 Å². The lowest BCUT2D eigenvalue weighted by Gasteiger charge is -2.09. The summed E-state index contributed by atoms with van der Waals surface area (Å²) in [7, 11) is 0. The standard InChI is InChI=1S/C19H19N3O2.C13H14N2O2S/c1-14-7-5-6-10-17(14)21-19-20-16(11-18(23)22-19)13-24-12-15-8-3-2-4-9-15;1-18-13-14-11(7-12(16)15-13)9-17-8-10-5-3-2-4-6-10/h2-11H,12-13H2,1H3,(H2,20,21,22,23);2-7H,8-9H2,1H3,(H,14,15,16). The van der Waals surface area contributed by atoms with E-state index < -0.39 is 0 Å². The topological polar surface area (TPSA) is 122 Å². The van der Waals surface area contributed by atoms with Gasteiger partial charge in [0, 0.05) is 17.8 Å². The molecule has 42 heavy (non-hydrogen) atoms. The van der Waals surface area contributed by atoms with Gasteiger partial charge in [-0.15, -0.1) is 0 Å². The highest BCUT2D eigenvalue weighted by atomic mass is 32.2. The average Bonchev–Trinajstić information content (AvgIpc) is 2.99. The van der Waals surface area contributed by atoms with E-state index in [4.69, 9.17) is 9.47 Å². The molecule has 9 nitrogen and oxygen atoms in total. The van der Waals surface area contributed by atoms with E-state index in [0.717, 1.165) is 22.4 Å². The molecule has 0 atom stereocenters. The molecule has 5 rings (SSSR count). The number of benzene rings is 3. The highest BCUT2D eigenvalue weighted by molar-refractivity contribution is 7.98. The summed E-state index contributed by atoms with van der Waals surface area (Å²) in [5.41, 5.74) is 5.05. The van der Waals surface area contributed by atoms with E-state index in [1.807, 2.05) is 98.1 Å². The third-order valence-electron chi connectivity index (χ3n) is 5.88. The number of aromatic amines is 2. The lowest BCUT2D eigenvalue weighted by Crippen LogP contribution is -2.13. The van der Waals surface area contributed by atoms with Crippen molar-refractivity contribution < 1.29 is 9.47 Å². The van der Waals surface area contributed by atoms with Gasteiger partial charge in [0.15, 0.2) is 5.16 Å². The molecule has 0 fully saturated rings. The Balaban J connectivity index is 0.000000201. The molecule has 2 heterocycles. The zero-order valence-corrected chi connectivity index (χ0v) is 24.3. The number of H-pyrrole nitrogens is 2. The number of hydrogen-bond acceptors (Lipinski definition) is 8. The van der Waals surface area contributed by atoms with E-state index in [0.29, 0.717) is 42.3 Å². The number of nitrogens with one attached hydrogen (secondary N) is 3. The number of para-hydroxylation sites is 1. The van der Waals surface area contributed by atoms with Crippen LogP contribution in [0.3, 0.4) is 0 Å². The molecule has 0 bridgehead atoms. The fraction of sp³-hybridized carbons (Fsp3) is 0.188. The number of nitrogens with zero attached hydrogens (tertiary/aromatic N) is 2. The van der Waals surface area contributed by atoms with Gasteiger partial charge in [-0.25, -0.2) is 9.97 Å². The fourth-order valence-corrected chi connectivity index (χ4v) is 4.24. The second-order valence-corrected chi connectivity index (χ2v) is 10.0. The van der Waals surface area contributed by atoms with Gasteiger partial charge in [0.2, 0.25) is 5.95 Å². The van der Waals surface area contributed by atoms with Crippen LogP contribution in [0, 0.1) is 6.92 Å². The summed E-state index contributed by atoms with van der Waals surface area (Å²) in [4.78, 5) is 37.2. The number of thioether (sulfide) groups is 1. The Morgan fingerprint density at radius 3 is 1.79 bits per heavy atom. The van der Waals surface area contributed by atoms with Crippen LogP contribution < -0.4 is 16.4 Å². The van der Waals surface area contributed by atoms with Crippen molar-refractivity contribution in [1.29, 1.82) is 0 Å². The average molecular weight is 584 g/mol. The van der Waals surface area contributed by atoms with E-state index in [9.17, 15) is 9.59 Å². The van der Waals surface area contributed by atoms with Crippen LogP contribution in [-0.4, -0.2) is 26.2 Å². The van der Waals surface area contributed by atoms with Crippen molar-refractivity contribution >= 4 is 23.4 Å². The second kappa shape index (κ2) is 16.1. The normalized spacial score (nSPS) is 10.5. The van der Waals surface area contributed by atoms with E-state index in [1.54, 1.807) is 0 Å². The smallest absolute Gasteiger partial charge is 0.252 e. The van der Waals surface area contributed by atoms with Gasteiger partial charge in [0.1, 0.15) is 0 Å². The minimum Gasteiger partial charge on any atom is -0.370 e. The van der Waals surface area contributed by atoms with Gasteiger partial charge >= 0.3 is 0 Å². The number of aryl methyl sites for hydroxylation is 1. The molecular formula is C32H33N5O4S. The van der Waals surface area contributed by atoms with Crippen molar-refractivity contribution in [2.45, 2.75) is 38.5 Å². The molecule has 0 saturated heterocycles. The summed E-state index contributed by atoms with van der Waals surface area (Å²) >= 11 is 1.40. The number of ether oxygens (including phenoxy) is 2. The van der Waals surface area contributed by atoms with Crippen molar-refractivity contribution in [3.63, 3.8) is 0 Å². The molecule has 0 radical (unpaired) electrons. The zero-order chi connectivity index (χ0) is 29.6. The van der Waals surface area contributed by atoms with Gasteiger partial charge < -0.3 is 19.8 Å². The van der Waals surface area contributed by atoms with Gasteiger partial charge in [-0.3, -0.25) is 14.6 Å². The van der Waals surface area contributed by atoms with Crippen LogP contribution in [0.15, 0.2) is 112 Å². The summed E-state index contributed by atoms with van der Waals surface area (Å²) < 4.78 is 11.2. The Morgan fingerprint density at radius 1 is 0.690 bits per heavy atom. The van der Waals surface area contributed by atoms with Crippen molar-refractivity contribution in [1.82, 2.24) is 19.9 Å². The zero-order valence-electron chi connectivity index (χ0n) is 23.5. The third-order valence-corrected chi connectivity index (χ3v) is 6.46. The van der Waals surface area contributed by atoms with E-state index in [1.165, 1.54) is 23.9 Å². The second-order valence-electron chi connectivity index (χ2n) is 9.23. The summed E-state index contributed by atoms with van der Waals surface area (Å²) in [6, 6.07) is 30.5. The third kappa shape index (κ3) is 10.2. The predicted octanol–water partition coefficient (Wildman–Crippen LogP) is 5.75. The molecule has 0 amide bonds. The fourth-order valence-electron chi connectivity index (χ4n) is 3.83. The summed E-state index contributed by atoms with van der Waals surface area (Å²) in [6.07, 6.45) is 1.87. The van der Waals surface area contributed by atoms with Crippen LogP contribution in [0.1, 0.15) is 28.1 Å². The molecule has 5 aromatic rings. The Labute approximate surface area is 248 Å². The largest absolute Gasteiger partial charge is 0.370 e. The Bertz CT molecular complexity index is 1660.